The van der Waals surface area contributed by atoms with Gasteiger partial charge >= 0.3 is 5.97 Å². The molecule has 2 aliphatic carbocycles. The smallest absolute Gasteiger partial charge is 0.311 e. The summed E-state index contributed by atoms with van der Waals surface area (Å²) >= 11 is 0. The lowest BCUT2D eigenvalue weighted by molar-refractivity contribution is -0.164. The van der Waals surface area contributed by atoms with Crippen LogP contribution in [-0.4, -0.2) is 34.5 Å². The lowest BCUT2D eigenvalue weighted by atomic mass is 9.65. The first-order valence-corrected chi connectivity index (χ1v) is 11.4. The van der Waals surface area contributed by atoms with E-state index in [1.54, 1.807) is 0 Å². The van der Waals surface area contributed by atoms with Crippen LogP contribution in [0.2, 0.25) is 0 Å². The molecule has 0 saturated heterocycles. The van der Waals surface area contributed by atoms with Crippen molar-refractivity contribution < 1.29 is 19.7 Å². The molecule has 2 rings (SSSR count). The molecule has 0 fully saturated rings. The van der Waals surface area contributed by atoms with Gasteiger partial charge in [0.2, 0.25) is 0 Å². The van der Waals surface area contributed by atoms with Crippen molar-refractivity contribution in [3.05, 3.63) is 23.8 Å². The van der Waals surface area contributed by atoms with Crippen LogP contribution >= 0.6 is 0 Å². The number of rotatable bonds is 9. The number of hydrogen-bond acceptors (Lipinski definition) is 5. The third-order valence-electron chi connectivity index (χ3n) is 6.99. The lowest BCUT2D eigenvalue weighted by Crippen LogP contribution is -2.43. The minimum Gasteiger partial charge on any atom is -0.461 e. The number of allylic oxidation sites excluding steroid dienone is 3. The van der Waals surface area contributed by atoms with Crippen LogP contribution in [0.5, 0.6) is 0 Å². The fourth-order valence-corrected chi connectivity index (χ4v) is 4.67. The molecule has 0 aromatic carbocycles. The van der Waals surface area contributed by atoms with Crippen molar-refractivity contribution in [3.8, 4) is 6.07 Å². The maximum absolute atomic E-state index is 12.8. The Hall–Kier alpha value is -1.64. The highest BCUT2D eigenvalue weighted by molar-refractivity contribution is 5.76. The van der Waals surface area contributed by atoms with Crippen LogP contribution in [0.25, 0.3) is 0 Å². The first kappa shape index (κ1) is 24.6. The second kappa shape index (κ2) is 10.6. The molecule has 0 aromatic heterocycles. The molecule has 0 spiro atoms. The maximum Gasteiger partial charge on any atom is 0.311 e. The van der Waals surface area contributed by atoms with Crippen LogP contribution in [-0.2, 0) is 9.53 Å². The summed E-state index contributed by atoms with van der Waals surface area (Å²) in [4.78, 5) is 12.8. The highest BCUT2D eigenvalue weighted by Crippen LogP contribution is 2.45. The highest BCUT2D eigenvalue weighted by atomic mass is 16.5. The number of ether oxygens (including phenoxy) is 1. The van der Waals surface area contributed by atoms with Crippen molar-refractivity contribution in [2.75, 3.05) is 0 Å². The van der Waals surface area contributed by atoms with E-state index in [2.05, 4.69) is 32.1 Å². The molecule has 2 aliphatic rings. The van der Waals surface area contributed by atoms with Crippen LogP contribution in [0.4, 0.5) is 0 Å². The first-order chi connectivity index (χ1) is 14.1. The molecule has 0 aliphatic heterocycles. The number of carbonyl (C=O) groups is 1. The molecule has 0 saturated carbocycles. The lowest BCUT2D eigenvalue weighted by Gasteiger charge is -2.44. The van der Waals surface area contributed by atoms with Gasteiger partial charge in [-0.05, 0) is 62.9 Å². The van der Waals surface area contributed by atoms with Gasteiger partial charge in [-0.15, -0.1) is 0 Å². The van der Waals surface area contributed by atoms with Gasteiger partial charge in [0.15, 0.2) is 0 Å². The van der Waals surface area contributed by atoms with Gasteiger partial charge in [0, 0.05) is 12.3 Å². The number of fused-ring (bicyclic) bond motifs is 1. The second-order valence-corrected chi connectivity index (χ2v) is 9.95. The number of hydrogen-bond donors (Lipinski definition) is 2. The fourth-order valence-electron chi connectivity index (χ4n) is 4.67. The molecule has 5 unspecified atom stereocenters. The quantitative estimate of drug-likeness (QED) is 0.537. The van der Waals surface area contributed by atoms with Gasteiger partial charge in [0.1, 0.15) is 6.10 Å². The zero-order valence-electron chi connectivity index (χ0n) is 19.2. The average molecular weight is 418 g/mol. The summed E-state index contributed by atoms with van der Waals surface area (Å²) < 4.78 is 6.12. The van der Waals surface area contributed by atoms with E-state index < -0.39 is 17.6 Å². The van der Waals surface area contributed by atoms with Gasteiger partial charge in [-0.3, -0.25) is 4.79 Å². The van der Waals surface area contributed by atoms with E-state index in [1.165, 1.54) is 5.57 Å². The number of nitrogens with zero attached hydrogens (tertiary/aromatic N) is 1. The predicted molar refractivity (Wildman–Crippen MR) is 117 cm³/mol. The van der Waals surface area contributed by atoms with E-state index in [-0.39, 0.29) is 36.8 Å². The minimum absolute atomic E-state index is 0.0399. The molecule has 0 amide bonds. The van der Waals surface area contributed by atoms with E-state index in [0.29, 0.717) is 18.3 Å². The summed E-state index contributed by atoms with van der Waals surface area (Å²) in [5.41, 5.74) is 0.742. The Bertz CT molecular complexity index is 690. The summed E-state index contributed by atoms with van der Waals surface area (Å²) in [6.07, 6.45) is 8.27. The third kappa shape index (κ3) is 6.18. The van der Waals surface area contributed by atoms with E-state index >= 15 is 0 Å². The van der Waals surface area contributed by atoms with Gasteiger partial charge in [-0.2, -0.15) is 5.26 Å². The number of esters is 1. The van der Waals surface area contributed by atoms with Gasteiger partial charge in [0.25, 0.3) is 0 Å². The summed E-state index contributed by atoms with van der Waals surface area (Å²) in [5.74, 6) is 0.929. The van der Waals surface area contributed by atoms with Crippen LogP contribution < -0.4 is 0 Å². The van der Waals surface area contributed by atoms with Crippen LogP contribution in [0.3, 0.4) is 0 Å². The molecule has 0 aromatic rings. The molecule has 5 heteroatoms. The SMILES string of the molecule is CCC(C)(C)C(=O)OC1CC(C)C=C2C=CC(C)C(CC[C@@H](O)C[C@@H](O)CC#N)C21. The zero-order chi connectivity index (χ0) is 22.5. The van der Waals surface area contributed by atoms with Crippen molar-refractivity contribution in [1.29, 1.82) is 5.26 Å². The summed E-state index contributed by atoms with van der Waals surface area (Å²) in [6.45, 7) is 10.2. The zero-order valence-corrected chi connectivity index (χ0v) is 19.2. The fraction of sp³-hybridized carbons (Fsp3) is 0.760. The highest BCUT2D eigenvalue weighted by Gasteiger charge is 2.42. The monoisotopic (exact) mass is 417 g/mol. The Morgan fingerprint density at radius 3 is 2.67 bits per heavy atom. The van der Waals surface area contributed by atoms with E-state index in [1.807, 2.05) is 26.8 Å². The van der Waals surface area contributed by atoms with Gasteiger partial charge in [0.05, 0.1) is 30.1 Å². The van der Waals surface area contributed by atoms with Crippen LogP contribution in [0.15, 0.2) is 23.8 Å². The molecule has 168 valence electrons. The van der Waals surface area contributed by atoms with Gasteiger partial charge < -0.3 is 14.9 Å². The second-order valence-electron chi connectivity index (χ2n) is 9.95. The van der Waals surface area contributed by atoms with E-state index in [4.69, 9.17) is 10.00 Å². The van der Waals surface area contributed by atoms with Crippen molar-refractivity contribution in [3.63, 3.8) is 0 Å². The molecular formula is C25H39NO4. The van der Waals surface area contributed by atoms with E-state index in [0.717, 1.165) is 19.3 Å². The molecule has 0 bridgehead atoms. The summed E-state index contributed by atoms with van der Waals surface area (Å²) in [6, 6.07) is 1.94. The Morgan fingerprint density at radius 2 is 2.03 bits per heavy atom. The Labute approximate surface area is 181 Å². The third-order valence-corrected chi connectivity index (χ3v) is 6.99. The number of aliphatic hydroxyl groups excluding tert-OH is 2. The molecule has 7 atom stereocenters. The van der Waals surface area contributed by atoms with Crippen molar-refractivity contribution >= 4 is 5.97 Å². The Morgan fingerprint density at radius 1 is 1.33 bits per heavy atom. The van der Waals surface area contributed by atoms with Gasteiger partial charge in [-0.25, -0.2) is 0 Å². The molecular weight excluding hydrogens is 378 g/mol. The maximum atomic E-state index is 12.8. The Kier molecular flexibility index (Phi) is 8.70. The van der Waals surface area contributed by atoms with Crippen molar-refractivity contribution in [1.82, 2.24) is 0 Å². The van der Waals surface area contributed by atoms with Gasteiger partial charge in [-0.1, -0.05) is 39.0 Å². The summed E-state index contributed by atoms with van der Waals surface area (Å²) in [7, 11) is 0. The van der Waals surface area contributed by atoms with E-state index in [9.17, 15) is 15.0 Å². The number of carbonyl (C=O) groups excluding carboxylic acids is 1. The normalized spacial score (nSPS) is 30.6. The molecule has 0 radical (unpaired) electrons. The van der Waals surface area contributed by atoms with Crippen molar-refractivity contribution in [2.45, 2.75) is 91.5 Å². The standard InChI is InChI=1S/C25H39NO4/c1-6-25(4,5)24(29)30-22-14-16(2)13-18-8-7-17(3)21(23(18)22)10-9-19(27)15-20(28)11-12-26/h7-8,13,16-17,19-23,27-28H,6,9-11,14-15H2,1-5H3/t16?,17?,19-,20+,21?,22?,23?/m1/s1. The van der Waals surface area contributed by atoms with Crippen LogP contribution in [0.1, 0.15) is 73.1 Å². The largest absolute Gasteiger partial charge is 0.461 e. The molecule has 5 nitrogen and oxygen atoms in total. The first-order valence-electron chi connectivity index (χ1n) is 11.4. The Balaban J connectivity index is 2.15. The van der Waals surface area contributed by atoms with Crippen molar-refractivity contribution in [2.24, 2.45) is 29.1 Å². The topological polar surface area (TPSA) is 90.6 Å². The molecule has 2 N–H and O–H groups in total. The molecule has 30 heavy (non-hydrogen) atoms. The predicted octanol–water partition coefficient (Wildman–Crippen LogP) is 4.54. The molecule has 0 heterocycles. The minimum atomic E-state index is -0.787. The average Bonchev–Trinajstić information content (AvgIpc) is 2.67. The number of aliphatic hydroxyl groups is 2. The number of nitriles is 1. The van der Waals surface area contributed by atoms with Crippen LogP contribution in [0, 0.1) is 40.4 Å². The summed E-state index contributed by atoms with van der Waals surface area (Å²) in [5, 5.41) is 28.9.